The smallest absolute Gasteiger partial charge is 0.262 e. The highest BCUT2D eigenvalue weighted by atomic mass is 35.5. The third-order valence-electron chi connectivity index (χ3n) is 3.17. The molecule has 1 heterocycles. The summed E-state index contributed by atoms with van der Waals surface area (Å²) in [5.74, 6) is 0.234. The van der Waals surface area contributed by atoms with E-state index in [-0.39, 0.29) is 24.8 Å². The third kappa shape index (κ3) is 3.38. The molecule has 2 amide bonds. The van der Waals surface area contributed by atoms with Gasteiger partial charge in [0.1, 0.15) is 5.75 Å². The number of carbonyl (C=O) groups is 2. The van der Waals surface area contributed by atoms with E-state index in [4.69, 9.17) is 16.3 Å². The minimum absolute atomic E-state index is 0.00920. The summed E-state index contributed by atoms with van der Waals surface area (Å²) in [7, 11) is 0. The molecular formula is C16H13ClN2O3. The molecule has 5 nitrogen and oxygen atoms in total. The van der Waals surface area contributed by atoms with Crippen LogP contribution in [0.3, 0.4) is 0 Å². The van der Waals surface area contributed by atoms with E-state index in [0.29, 0.717) is 22.1 Å². The van der Waals surface area contributed by atoms with Gasteiger partial charge in [0.05, 0.1) is 12.1 Å². The topological polar surface area (TPSA) is 67.4 Å². The number of halogens is 1. The summed E-state index contributed by atoms with van der Waals surface area (Å²) in [6.07, 6.45) is 0.247. The van der Waals surface area contributed by atoms with Crippen molar-refractivity contribution in [1.29, 1.82) is 0 Å². The zero-order valence-electron chi connectivity index (χ0n) is 11.6. The standard InChI is InChI=1S/C16H13ClN2O3/c17-11-3-1-10(2-4-11)7-15(20)18-12-5-6-14-13(8-12)19-16(21)9-22-14/h1-6,8H,7,9H2,(H,18,20)(H,19,21). The van der Waals surface area contributed by atoms with Crippen molar-refractivity contribution in [2.24, 2.45) is 0 Å². The van der Waals surface area contributed by atoms with Gasteiger partial charge in [0.15, 0.2) is 6.61 Å². The maximum atomic E-state index is 12.0. The van der Waals surface area contributed by atoms with Crippen molar-refractivity contribution in [2.45, 2.75) is 6.42 Å². The Morgan fingerprint density at radius 1 is 1.23 bits per heavy atom. The van der Waals surface area contributed by atoms with Gasteiger partial charge in [0.2, 0.25) is 5.91 Å². The van der Waals surface area contributed by atoms with E-state index in [1.807, 2.05) is 12.1 Å². The van der Waals surface area contributed by atoms with Gasteiger partial charge < -0.3 is 15.4 Å². The van der Waals surface area contributed by atoms with Gasteiger partial charge in [0.25, 0.3) is 5.91 Å². The summed E-state index contributed by atoms with van der Waals surface area (Å²) >= 11 is 5.81. The molecule has 0 bridgehead atoms. The van der Waals surface area contributed by atoms with Crippen molar-refractivity contribution in [1.82, 2.24) is 0 Å². The Hall–Kier alpha value is -2.53. The molecule has 1 aliphatic rings. The molecule has 112 valence electrons. The van der Waals surface area contributed by atoms with Crippen LogP contribution in [0.1, 0.15) is 5.56 Å². The number of carbonyl (C=O) groups excluding carboxylic acids is 2. The molecule has 0 radical (unpaired) electrons. The lowest BCUT2D eigenvalue weighted by molar-refractivity contribution is -0.118. The Kier molecular flexibility index (Phi) is 3.98. The van der Waals surface area contributed by atoms with Crippen LogP contribution in [0.25, 0.3) is 0 Å². The first-order valence-electron chi connectivity index (χ1n) is 6.71. The molecule has 0 aromatic heterocycles. The first kappa shape index (κ1) is 14.4. The Bertz CT molecular complexity index is 729. The van der Waals surface area contributed by atoms with Crippen molar-refractivity contribution < 1.29 is 14.3 Å². The second-order valence-electron chi connectivity index (χ2n) is 4.90. The fourth-order valence-corrected chi connectivity index (χ4v) is 2.28. The average molecular weight is 317 g/mol. The second kappa shape index (κ2) is 6.07. The molecule has 2 N–H and O–H groups in total. The van der Waals surface area contributed by atoms with E-state index in [9.17, 15) is 9.59 Å². The highest BCUT2D eigenvalue weighted by Gasteiger charge is 2.16. The number of ether oxygens (including phenoxy) is 1. The monoisotopic (exact) mass is 316 g/mol. The van der Waals surface area contributed by atoms with E-state index < -0.39 is 0 Å². The lowest BCUT2D eigenvalue weighted by Gasteiger charge is -2.18. The first-order valence-corrected chi connectivity index (χ1v) is 7.09. The van der Waals surface area contributed by atoms with Crippen LogP contribution in [-0.4, -0.2) is 18.4 Å². The van der Waals surface area contributed by atoms with Gasteiger partial charge >= 0.3 is 0 Å². The molecule has 0 spiro atoms. The number of anilines is 2. The van der Waals surface area contributed by atoms with Gasteiger partial charge in [-0.3, -0.25) is 9.59 Å². The normalized spacial score (nSPS) is 12.9. The van der Waals surface area contributed by atoms with E-state index >= 15 is 0 Å². The van der Waals surface area contributed by atoms with Crippen LogP contribution in [-0.2, 0) is 16.0 Å². The van der Waals surface area contributed by atoms with Crippen LogP contribution in [0.4, 0.5) is 11.4 Å². The van der Waals surface area contributed by atoms with E-state index in [2.05, 4.69) is 10.6 Å². The van der Waals surface area contributed by atoms with Gasteiger partial charge in [-0.05, 0) is 35.9 Å². The van der Waals surface area contributed by atoms with Crippen molar-refractivity contribution in [3.05, 3.63) is 53.1 Å². The summed E-state index contributed by atoms with van der Waals surface area (Å²) < 4.78 is 5.27. The van der Waals surface area contributed by atoms with Gasteiger partial charge in [-0.1, -0.05) is 23.7 Å². The largest absolute Gasteiger partial charge is 0.482 e. The minimum atomic E-state index is -0.211. The fourth-order valence-electron chi connectivity index (χ4n) is 2.15. The molecule has 0 saturated heterocycles. The van der Waals surface area contributed by atoms with Gasteiger partial charge in [-0.2, -0.15) is 0 Å². The zero-order chi connectivity index (χ0) is 15.5. The van der Waals surface area contributed by atoms with Crippen LogP contribution in [0.5, 0.6) is 5.75 Å². The highest BCUT2D eigenvalue weighted by Crippen LogP contribution is 2.30. The average Bonchev–Trinajstić information content (AvgIpc) is 2.49. The number of benzene rings is 2. The summed E-state index contributed by atoms with van der Waals surface area (Å²) in [5, 5.41) is 6.12. The van der Waals surface area contributed by atoms with Crippen molar-refractivity contribution >= 4 is 34.8 Å². The maximum Gasteiger partial charge on any atom is 0.262 e. The molecule has 22 heavy (non-hydrogen) atoms. The summed E-state index contributed by atoms with van der Waals surface area (Å²) in [6, 6.07) is 12.2. The fraction of sp³-hybridized carbons (Fsp3) is 0.125. The summed E-state index contributed by atoms with van der Waals surface area (Å²) in [4.78, 5) is 23.3. The molecular weight excluding hydrogens is 304 g/mol. The molecule has 2 aromatic carbocycles. The Balaban J connectivity index is 1.67. The van der Waals surface area contributed by atoms with Gasteiger partial charge in [0, 0.05) is 10.7 Å². The van der Waals surface area contributed by atoms with Crippen molar-refractivity contribution in [3.8, 4) is 5.75 Å². The number of hydrogen-bond donors (Lipinski definition) is 2. The molecule has 6 heteroatoms. The Morgan fingerprint density at radius 2 is 2.00 bits per heavy atom. The van der Waals surface area contributed by atoms with Crippen LogP contribution in [0.15, 0.2) is 42.5 Å². The SMILES string of the molecule is O=C(Cc1ccc(Cl)cc1)Nc1ccc2c(c1)NC(=O)CO2. The molecule has 1 aliphatic heterocycles. The number of fused-ring (bicyclic) bond motifs is 1. The van der Waals surface area contributed by atoms with Crippen LogP contribution >= 0.6 is 11.6 Å². The van der Waals surface area contributed by atoms with Crippen LogP contribution < -0.4 is 15.4 Å². The lowest BCUT2D eigenvalue weighted by atomic mass is 10.1. The van der Waals surface area contributed by atoms with E-state index in [0.717, 1.165) is 5.56 Å². The van der Waals surface area contributed by atoms with Gasteiger partial charge in [-0.25, -0.2) is 0 Å². The van der Waals surface area contributed by atoms with Crippen LogP contribution in [0.2, 0.25) is 5.02 Å². The molecule has 2 aromatic rings. The number of rotatable bonds is 3. The summed E-state index contributed by atoms with van der Waals surface area (Å²) in [5.41, 5.74) is 2.03. The van der Waals surface area contributed by atoms with E-state index in [1.54, 1.807) is 30.3 Å². The highest BCUT2D eigenvalue weighted by molar-refractivity contribution is 6.30. The van der Waals surface area contributed by atoms with E-state index in [1.165, 1.54) is 0 Å². The quantitative estimate of drug-likeness (QED) is 0.915. The molecule has 0 fully saturated rings. The summed E-state index contributed by atoms with van der Waals surface area (Å²) in [6.45, 7) is 0.00920. The maximum absolute atomic E-state index is 12.0. The minimum Gasteiger partial charge on any atom is -0.482 e. The van der Waals surface area contributed by atoms with Gasteiger partial charge in [-0.15, -0.1) is 0 Å². The molecule has 3 rings (SSSR count). The Labute approximate surface area is 132 Å². The first-order chi connectivity index (χ1) is 10.6. The molecule has 0 aliphatic carbocycles. The predicted octanol–water partition coefficient (Wildman–Crippen LogP) is 2.85. The van der Waals surface area contributed by atoms with Crippen LogP contribution in [0, 0.1) is 0 Å². The molecule has 0 atom stereocenters. The molecule has 0 unspecified atom stereocenters. The lowest BCUT2D eigenvalue weighted by Crippen LogP contribution is -2.25. The third-order valence-corrected chi connectivity index (χ3v) is 3.43. The predicted molar refractivity (Wildman–Crippen MR) is 84.4 cm³/mol. The zero-order valence-corrected chi connectivity index (χ0v) is 12.3. The number of hydrogen-bond acceptors (Lipinski definition) is 3. The Morgan fingerprint density at radius 3 is 2.77 bits per heavy atom. The number of amides is 2. The molecule has 0 saturated carbocycles. The second-order valence-corrected chi connectivity index (χ2v) is 5.34. The number of nitrogens with one attached hydrogen (secondary N) is 2. The van der Waals surface area contributed by atoms with Crippen molar-refractivity contribution in [2.75, 3.05) is 17.2 Å². The van der Waals surface area contributed by atoms with Crippen molar-refractivity contribution in [3.63, 3.8) is 0 Å².